The molecule has 0 fully saturated rings. The topological polar surface area (TPSA) is 52.8 Å². The van der Waals surface area contributed by atoms with Gasteiger partial charge in [-0.2, -0.15) is 0 Å². The van der Waals surface area contributed by atoms with E-state index in [4.69, 9.17) is 9.72 Å². The van der Waals surface area contributed by atoms with E-state index in [1.54, 1.807) is 30.2 Å². The van der Waals surface area contributed by atoms with Gasteiger partial charge in [0.1, 0.15) is 10.8 Å². The minimum absolute atomic E-state index is 0.748. The minimum Gasteiger partial charge on any atom is -0.496 e. The Hall–Kier alpha value is -2.64. The smallest absolute Gasteiger partial charge is 0.191 e. The summed E-state index contributed by atoms with van der Waals surface area (Å²) in [6, 6.07) is 16.3. The number of thiazole rings is 1. The van der Waals surface area contributed by atoms with Gasteiger partial charge in [-0.15, -0.1) is 21.5 Å². The second-order valence-electron chi connectivity index (χ2n) is 6.55. The molecule has 0 amide bonds. The summed E-state index contributed by atoms with van der Waals surface area (Å²) < 4.78 is 7.62. The Kier molecular flexibility index (Phi) is 5.97. The maximum absolute atomic E-state index is 5.46. The van der Waals surface area contributed by atoms with Gasteiger partial charge < -0.3 is 9.30 Å². The molecule has 0 saturated carbocycles. The summed E-state index contributed by atoms with van der Waals surface area (Å²) in [4.78, 5) is 4.80. The molecule has 2 heterocycles. The Morgan fingerprint density at radius 1 is 1.10 bits per heavy atom. The van der Waals surface area contributed by atoms with Crippen molar-refractivity contribution in [2.75, 3.05) is 7.11 Å². The molecule has 4 aromatic rings. The lowest BCUT2D eigenvalue weighted by atomic mass is 10.1. The van der Waals surface area contributed by atoms with Gasteiger partial charge in [0.15, 0.2) is 11.0 Å². The Labute approximate surface area is 178 Å². The zero-order chi connectivity index (χ0) is 20.2. The van der Waals surface area contributed by atoms with Crippen LogP contribution in [0.15, 0.2) is 59.1 Å². The normalized spacial score (nSPS) is 11.0. The van der Waals surface area contributed by atoms with Crippen molar-refractivity contribution in [3.05, 3.63) is 65.2 Å². The molecule has 2 aromatic heterocycles. The number of nitrogens with zero attached hydrogens (tertiary/aromatic N) is 4. The first-order valence-electron chi connectivity index (χ1n) is 9.40. The third-order valence-electron chi connectivity index (χ3n) is 4.55. The van der Waals surface area contributed by atoms with Gasteiger partial charge in [0.05, 0.1) is 18.4 Å². The van der Waals surface area contributed by atoms with Crippen molar-refractivity contribution in [3.8, 4) is 27.7 Å². The summed E-state index contributed by atoms with van der Waals surface area (Å²) in [5.41, 5.74) is 4.37. The Morgan fingerprint density at radius 2 is 1.97 bits per heavy atom. The SMILES string of the molecule is CCn1c(SCc2csc(-c3ccccc3OC)n2)nnc1-c1cccc(C)c1. The molecule has 0 bridgehead atoms. The summed E-state index contributed by atoms with van der Waals surface area (Å²) >= 11 is 3.30. The van der Waals surface area contributed by atoms with E-state index in [2.05, 4.69) is 58.3 Å². The number of hydrogen-bond acceptors (Lipinski definition) is 6. The van der Waals surface area contributed by atoms with Crippen LogP contribution in [0.4, 0.5) is 0 Å². The standard InChI is InChI=1S/C22H22N4OS2/c1-4-26-20(16-9-7-8-15(2)12-16)24-25-22(26)29-14-17-13-28-21(23-17)18-10-5-6-11-19(18)27-3/h5-13H,4,14H2,1-3H3. The van der Waals surface area contributed by atoms with Crippen molar-refractivity contribution in [2.24, 2.45) is 0 Å². The predicted octanol–water partition coefficient (Wildman–Crippen LogP) is 5.70. The average molecular weight is 423 g/mol. The van der Waals surface area contributed by atoms with Crippen LogP contribution in [0.3, 0.4) is 0 Å². The van der Waals surface area contributed by atoms with Gasteiger partial charge in [0.2, 0.25) is 0 Å². The van der Waals surface area contributed by atoms with Crippen LogP contribution in [0.5, 0.6) is 5.75 Å². The molecule has 0 aliphatic carbocycles. The monoisotopic (exact) mass is 422 g/mol. The van der Waals surface area contributed by atoms with Crippen LogP contribution in [0.1, 0.15) is 18.2 Å². The van der Waals surface area contributed by atoms with Crippen LogP contribution in [0.2, 0.25) is 0 Å². The van der Waals surface area contributed by atoms with Crippen molar-refractivity contribution < 1.29 is 4.74 Å². The maximum atomic E-state index is 5.46. The van der Waals surface area contributed by atoms with Crippen LogP contribution in [-0.2, 0) is 12.3 Å². The highest BCUT2D eigenvalue weighted by molar-refractivity contribution is 7.98. The highest BCUT2D eigenvalue weighted by Gasteiger charge is 2.15. The third-order valence-corrected chi connectivity index (χ3v) is 6.47. The predicted molar refractivity (Wildman–Crippen MR) is 120 cm³/mol. The molecule has 0 radical (unpaired) electrons. The van der Waals surface area contributed by atoms with Crippen molar-refractivity contribution >= 4 is 23.1 Å². The van der Waals surface area contributed by atoms with Crippen LogP contribution < -0.4 is 4.74 Å². The largest absolute Gasteiger partial charge is 0.496 e. The number of rotatable bonds is 7. The van der Waals surface area contributed by atoms with Gasteiger partial charge >= 0.3 is 0 Å². The van der Waals surface area contributed by atoms with Gasteiger partial charge in [0, 0.05) is 23.2 Å². The van der Waals surface area contributed by atoms with E-state index in [-0.39, 0.29) is 0 Å². The van der Waals surface area contributed by atoms with E-state index in [9.17, 15) is 0 Å². The van der Waals surface area contributed by atoms with Crippen LogP contribution in [-0.4, -0.2) is 26.9 Å². The van der Waals surface area contributed by atoms with Gasteiger partial charge in [-0.05, 0) is 32.0 Å². The van der Waals surface area contributed by atoms with Crippen molar-refractivity contribution in [3.63, 3.8) is 0 Å². The van der Waals surface area contributed by atoms with Crippen LogP contribution in [0, 0.1) is 6.92 Å². The molecule has 0 N–H and O–H groups in total. The van der Waals surface area contributed by atoms with E-state index in [1.807, 2.05) is 24.3 Å². The fraction of sp³-hybridized carbons (Fsp3) is 0.227. The van der Waals surface area contributed by atoms with Crippen LogP contribution in [0.25, 0.3) is 22.0 Å². The third kappa shape index (κ3) is 4.21. The Balaban J connectivity index is 1.52. The number of aromatic nitrogens is 4. The number of para-hydroxylation sites is 1. The minimum atomic E-state index is 0.748. The molecule has 0 atom stereocenters. The van der Waals surface area contributed by atoms with E-state index in [0.717, 1.165) is 50.9 Å². The number of hydrogen-bond donors (Lipinski definition) is 0. The van der Waals surface area contributed by atoms with E-state index in [0.29, 0.717) is 0 Å². The van der Waals surface area contributed by atoms with Gasteiger partial charge in [-0.3, -0.25) is 0 Å². The molecular weight excluding hydrogens is 400 g/mol. The molecule has 148 valence electrons. The van der Waals surface area contributed by atoms with Gasteiger partial charge in [-0.25, -0.2) is 4.98 Å². The molecule has 0 aliphatic heterocycles. The molecule has 0 aliphatic rings. The molecular formula is C22H22N4OS2. The molecule has 7 heteroatoms. The quantitative estimate of drug-likeness (QED) is 0.358. The van der Waals surface area contributed by atoms with Gasteiger partial charge in [-0.1, -0.05) is 47.7 Å². The summed E-state index contributed by atoms with van der Waals surface area (Å²) in [6.45, 7) is 5.03. The van der Waals surface area contributed by atoms with E-state index >= 15 is 0 Å². The second kappa shape index (κ2) is 8.80. The number of thioether (sulfide) groups is 1. The zero-order valence-corrected chi connectivity index (χ0v) is 18.3. The van der Waals surface area contributed by atoms with Crippen molar-refractivity contribution in [2.45, 2.75) is 31.3 Å². The highest BCUT2D eigenvalue weighted by Crippen LogP contribution is 2.33. The van der Waals surface area contributed by atoms with E-state index < -0.39 is 0 Å². The maximum Gasteiger partial charge on any atom is 0.191 e. The first-order chi connectivity index (χ1) is 14.2. The zero-order valence-electron chi connectivity index (χ0n) is 16.6. The Morgan fingerprint density at radius 3 is 2.76 bits per heavy atom. The average Bonchev–Trinajstić information content (AvgIpc) is 3.38. The summed E-state index contributed by atoms with van der Waals surface area (Å²) in [5.74, 6) is 2.50. The molecule has 4 rings (SSSR count). The highest BCUT2D eigenvalue weighted by atomic mass is 32.2. The van der Waals surface area contributed by atoms with Crippen LogP contribution >= 0.6 is 23.1 Å². The number of ether oxygens (including phenoxy) is 1. The fourth-order valence-corrected chi connectivity index (χ4v) is 4.98. The lowest BCUT2D eigenvalue weighted by Crippen LogP contribution is -2.00. The molecule has 2 aromatic carbocycles. The molecule has 0 unspecified atom stereocenters. The summed E-state index contributed by atoms with van der Waals surface area (Å²) in [6.07, 6.45) is 0. The second-order valence-corrected chi connectivity index (χ2v) is 8.35. The number of methoxy groups -OCH3 is 1. The summed E-state index contributed by atoms with van der Waals surface area (Å²) in [5, 5.41) is 12.9. The number of benzene rings is 2. The van der Waals surface area contributed by atoms with E-state index in [1.165, 1.54) is 5.56 Å². The number of aryl methyl sites for hydroxylation is 1. The molecule has 0 spiro atoms. The molecule has 29 heavy (non-hydrogen) atoms. The lowest BCUT2D eigenvalue weighted by molar-refractivity contribution is 0.416. The van der Waals surface area contributed by atoms with Crippen molar-refractivity contribution in [1.82, 2.24) is 19.7 Å². The molecule has 0 saturated heterocycles. The first kappa shape index (κ1) is 19.7. The van der Waals surface area contributed by atoms with Gasteiger partial charge in [0.25, 0.3) is 0 Å². The first-order valence-corrected chi connectivity index (χ1v) is 11.3. The summed E-state index contributed by atoms with van der Waals surface area (Å²) in [7, 11) is 1.69. The van der Waals surface area contributed by atoms with Crippen molar-refractivity contribution in [1.29, 1.82) is 0 Å². The lowest BCUT2D eigenvalue weighted by Gasteiger charge is -2.07. The molecule has 5 nitrogen and oxygen atoms in total. The Bertz CT molecular complexity index is 1120. The fourth-order valence-electron chi connectivity index (χ4n) is 3.14.